The Balaban J connectivity index is 2.16. The van der Waals surface area contributed by atoms with Crippen LogP contribution in [0.5, 0.6) is 11.5 Å². The molecule has 0 radical (unpaired) electrons. The molecule has 0 N–H and O–H groups in total. The Labute approximate surface area is 116 Å². The molecule has 106 valence electrons. The number of hydrogen-bond acceptors (Lipinski definition) is 6. The molecular formula is C14H16N2O4. The Kier molecular flexibility index (Phi) is 4.70. The number of nitrogens with zero attached hydrogens (tertiary/aromatic N) is 2. The second-order valence-electron chi connectivity index (χ2n) is 3.97. The Morgan fingerprint density at radius 1 is 1.30 bits per heavy atom. The average Bonchev–Trinajstić information content (AvgIpc) is 2.94. The molecule has 0 unspecified atom stereocenters. The van der Waals surface area contributed by atoms with Crippen LogP contribution in [0.2, 0.25) is 0 Å². The molecule has 0 aliphatic heterocycles. The summed E-state index contributed by atoms with van der Waals surface area (Å²) in [5.74, 6) is 1.90. The van der Waals surface area contributed by atoms with Crippen LogP contribution in [0.1, 0.15) is 35.9 Å². The third-order valence-electron chi connectivity index (χ3n) is 2.60. The highest BCUT2D eigenvalue weighted by atomic mass is 16.5. The molecule has 0 fully saturated rings. The summed E-state index contributed by atoms with van der Waals surface area (Å²) in [6, 6.07) is 5.15. The molecule has 0 saturated heterocycles. The molecule has 0 saturated carbocycles. The Bertz CT molecular complexity index is 580. The third-order valence-corrected chi connectivity index (χ3v) is 2.60. The van der Waals surface area contributed by atoms with E-state index in [0.717, 1.165) is 6.29 Å². The zero-order chi connectivity index (χ0) is 14.4. The average molecular weight is 276 g/mol. The van der Waals surface area contributed by atoms with Crippen molar-refractivity contribution in [2.75, 3.05) is 6.61 Å². The van der Waals surface area contributed by atoms with Crippen molar-refractivity contribution < 1.29 is 18.8 Å². The summed E-state index contributed by atoms with van der Waals surface area (Å²) in [5, 5.41) is 3.78. The van der Waals surface area contributed by atoms with Crippen LogP contribution in [-0.2, 0) is 13.0 Å². The standard InChI is InChI=1S/C14H16N2O4/c1-3-12-15-13(20-16-12)9-19-14-10(8-17)6-5-7-11(14)18-4-2/h5-8H,3-4,9H2,1-2H3. The number of para-hydroxylation sites is 1. The topological polar surface area (TPSA) is 74.5 Å². The number of rotatable bonds is 7. The van der Waals surface area contributed by atoms with E-state index in [1.165, 1.54) is 0 Å². The first-order chi connectivity index (χ1) is 9.78. The van der Waals surface area contributed by atoms with E-state index in [2.05, 4.69) is 10.1 Å². The van der Waals surface area contributed by atoms with Gasteiger partial charge < -0.3 is 14.0 Å². The summed E-state index contributed by atoms with van der Waals surface area (Å²) in [6.07, 6.45) is 1.42. The summed E-state index contributed by atoms with van der Waals surface area (Å²) < 4.78 is 16.1. The van der Waals surface area contributed by atoms with Crippen molar-refractivity contribution in [1.82, 2.24) is 10.1 Å². The molecule has 0 bridgehead atoms. The van der Waals surface area contributed by atoms with Gasteiger partial charge in [0.25, 0.3) is 5.89 Å². The molecule has 0 aliphatic carbocycles. The molecule has 0 atom stereocenters. The van der Waals surface area contributed by atoms with Gasteiger partial charge in [0.15, 0.2) is 30.2 Å². The first kappa shape index (κ1) is 14.0. The van der Waals surface area contributed by atoms with Crippen LogP contribution in [0.4, 0.5) is 0 Å². The highest BCUT2D eigenvalue weighted by molar-refractivity contribution is 5.81. The van der Waals surface area contributed by atoms with Crippen molar-refractivity contribution in [3.05, 3.63) is 35.5 Å². The first-order valence-corrected chi connectivity index (χ1v) is 6.43. The minimum Gasteiger partial charge on any atom is -0.490 e. The summed E-state index contributed by atoms with van der Waals surface area (Å²) in [5.41, 5.74) is 0.422. The maximum absolute atomic E-state index is 11.1. The minimum atomic E-state index is 0.0952. The molecular weight excluding hydrogens is 260 g/mol. The lowest BCUT2D eigenvalue weighted by molar-refractivity contribution is 0.111. The monoisotopic (exact) mass is 276 g/mol. The van der Waals surface area contributed by atoms with E-state index < -0.39 is 0 Å². The fourth-order valence-electron chi connectivity index (χ4n) is 1.68. The number of aldehydes is 1. The van der Waals surface area contributed by atoms with E-state index in [4.69, 9.17) is 14.0 Å². The third kappa shape index (κ3) is 3.14. The van der Waals surface area contributed by atoms with Gasteiger partial charge in [-0.3, -0.25) is 4.79 Å². The molecule has 2 rings (SSSR count). The number of aromatic nitrogens is 2. The highest BCUT2D eigenvalue weighted by Gasteiger charge is 2.13. The van der Waals surface area contributed by atoms with Crippen LogP contribution in [0, 0.1) is 0 Å². The lowest BCUT2D eigenvalue weighted by Crippen LogP contribution is -2.02. The van der Waals surface area contributed by atoms with Gasteiger partial charge in [0.1, 0.15) is 0 Å². The van der Waals surface area contributed by atoms with Gasteiger partial charge >= 0.3 is 0 Å². The molecule has 0 aliphatic rings. The molecule has 1 aromatic heterocycles. The molecule has 20 heavy (non-hydrogen) atoms. The van der Waals surface area contributed by atoms with Gasteiger partial charge in [0, 0.05) is 6.42 Å². The lowest BCUT2D eigenvalue weighted by Gasteiger charge is -2.12. The fraction of sp³-hybridized carbons (Fsp3) is 0.357. The Morgan fingerprint density at radius 2 is 2.15 bits per heavy atom. The summed E-state index contributed by atoms with van der Waals surface area (Å²) in [7, 11) is 0. The van der Waals surface area contributed by atoms with E-state index >= 15 is 0 Å². The van der Waals surface area contributed by atoms with Crippen molar-refractivity contribution in [3.63, 3.8) is 0 Å². The van der Waals surface area contributed by atoms with Crippen LogP contribution in [0.25, 0.3) is 0 Å². The number of carbonyl (C=O) groups excluding carboxylic acids is 1. The predicted octanol–water partition coefficient (Wildman–Crippen LogP) is 2.42. The van der Waals surface area contributed by atoms with Crippen LogP contribution in [-0.4, -0.2) is 23.0 Å². The zero-order valence-corrected chi connectivity index (χ0v) is 11.5. The van der Waals surface area contributed by atoms with Gasteiger partial charge in [-0.05, 0) is 19.1 Å². The number of benzene rings is 1. The zero-order valence-electron chi connectivity index (χ0n) is 11.5. The van der Waals surface area contributed by atoms with E-state index in [9.17, 15) is 4.79 Å². The van der Waals surface area contributed by atoms with Crippen molar-refractivity contribution in [2.24, 2.45) is 0 Å². The number of ether oxygens (including phenoxy) is 2. The minimum absolute atomic E-state index is 0.0952. The van der Waals surface area contributed by atoms with E-state index in [1.54, 1.807) is 18.2 Å². The van der Waals surface area contributed by atoms with E-state index in [0.29, 0.717) is 41.8 Å². The second kappa shape index (κ2) is 6.70. The summed E-state index contributed by atoms with van der Waals surface area (Å²) in [4.78, 5) is 15.2. The Morgan fingerprint density at radius 3 is 2.80 bits per heavy atom. The lowest BCUT2D eigenvalue weighted by atomic mass is 10.2. The SMILES string of the molecule is CCOc1cccc(C=O)c1OCc1nc(CC)no1. The van der Waals surface area contributed by atoms with Gasteiger partial charge in [-0.15, -0.1) is 0 Å². The summed E-state index contributed by atoms with van der Waals surface area (Å²) in [6.45, 7) is 4.38. The van der Waals surface area contributed by atoms with Crippen LogP contribution < -0.4 is 9.47 Å². The Hall–Kier alpha value is -2.37. The van der Waals surface area contributed by atoms with Gasteiger partial charge in [0.05, 0.1) is 12.2 Å². The van der Waals surface area contributed by atoms with Crippen molar-refractivity contribution in [2.45, 2.75) is 26.9 Å². The van der Waals surface area contributed by atoms with Crippen LogP contribution in [0.3, 0.4) is 0 Å². The molecule has 0 spiro atoms. The molecule has 2 aromatic rings. The normalized spacial score (nSPS) is 10.3. The largest absolute Gasteiger partial charge is 0.490 e. The molecule has 1 heterocycles. The number of hydrogen-bond donors (Lipinski definition) is 0. The quantitative estimate of drug-likeness (QED) is 0.723. The predicted molar refractivity (Wildman–Crippen MR) is 71.0 cm³/mol. The fourth-order valence-corrected chi connectivity index (χ4v) is 1.68. The highest BCUT2D eigenvalue weighted by Crippen LogP contribution is 2.31. The molecule has 1 aromatic carbocycles. The molecule has 0 amide bonds. The molecule has 6 nitrogen and oxygen atoms in total. The summed E-state index contributed by atoms with van der Waals surface area (Å²) >= 11 is 0. The number of aryl methyl sites for hydroxylation is 1. The van der Waals surface area contributed by atoms with Gasteiger partial charge in [0.2, 0.25) is 0 Å². The van der Waals surface area contributed by atoms with Crippen LogP contribution >= 0.6 is 0 Å². The number of carbonyl (C=O) groups is 1. The first-order valence-electron chi connectivity index (χ1n) is 6.43. The van der Waals surface area contributed by atoms with Gasteiger partial charge in [-0.25, -0.2) is 0 Å². The van der Waals surface area contributed by atoms with Gasteiger partial charge in [-0.2, -0.15) is 4.98 Å². The molecule has 6 heteroatoms. The van der Waals surface area contributed by atoms with Gasteiger partial charge in [-0.1, -0.05) is 18.1 Å². The van der Waals surface area contributed by atoms with Crippen LogP contribution in [0.15, 0.2) is 22.7 Å². The van der Waals surface area contributed by atoms with Crippen molar-refractivity contribution >= 4 is 6.29 Å². The van der Waals surface area contributed by atoms with E-state index in [1.807, 2.05) is 13.8 Å². The smallest absolute Gasteiger partial charge is 0.264 e. The second-order valence-corrected chi connectivity index (χ2v) is 3.97. The van der Waals surface area contributed by atoms with E-state index in [-0.39, 0.29) is 6.61 Å². The maximum atomic E-state index is 11.1. The van der Waals surface area contributed by atoms with Crippen molar-refractivity contribution in [1.29, 1.82) is 0 Å². The van der Waals surface area contributed by atoms with Crippen molar-refractivity contribution in [3.8, 4) is 11.5 Å². The maximum Gasteiger partial charge on any atom is 0.264 e.